The van der Waals surface area contributed by atoms with Crippen LogP contribution in [-0.2, 0) is 0 Å². The van der Waals surface area contributed by atoms with Gasteiger partial charge in [-0.1, -0.05) is 12.0 Å². The van der Waals surface area contributed by atoms with E-state index in [9.17, 15) is 5.26 Å². The quantitative estimate of drug-likeness (QED) is 0.827. The van der Waals surface area contributed by atoms with Crippen LogP contribution >= 0.6 is 0 Å². The van der Waals surface area contributed by atoms with Gasteiger partial charge in [0, 0.05) is 11.3 Å². The van der Waals surface area contributed by atoms with E-state index in [1.807, 2.05) is 13.0 Å². The highest BCUT2D eigenvalue weighted by Crippen LogP contribution is 2.44. The second-order valence-electron chi connectivity index (χ2n) is 5.40. The standard InChI is InChI=1S/C18H16N4O3/c1-4-7-24-13-6-5-11(8-14(13)23-3)16-12(9-19)17(20)25-18-15(16)10(2)21-22-18/h1,5-6,8,16H,7,20H2,2-3H3,(H,21,22)/t16-/m0/s1. The maximum absolute atomic E-state index is 9.57. The van der Waals surface area contributed by atoms with Crippen LogP contribution in [0.15, 0.2) is 29.7 Å². The van der Waals surface area contributed by atoms with E-state index in [-0.39, 0.29) is 12.5 Å². The molecule has 0 saturated heterocycles. The number of hydrogen-bond acceptors (Lipinski definition) is 6. The number of fused-ring (bicyclic) bond motifs is 1. The van der Waals surface area contributed by atoms with E-state index in [1.54, 1.807) is 12.1 Å². The average Bonchev–Trinajstić information content (AvgIpc) is 2.99. The van der Waals surface area contributed by atoms with Gasteiger partial charge in [-0.25, -0.2) is 0 Å². The van der Waals surface area contributed by atoms with E-state index in [0.29, 0.717) is 23.0 Å². The van der Waals surface area contributed by atoms with Gasteiger partial charge in [-0.05, 0) is 24.6 Å². The van der Waals surface area contributed by atoms with Crippen LogP contribution in [0.2, 0.25) is 0 Å². The molecule has 1 atom stereocenters. The number of nitriles is 1. The first-order valence-corrected chi connectivity index (χ1v) is 7.47. The number of nitrogens with zero attached hydrogens (tertiary/aromatic N) is 2. The first-order chi connectivity index (χ1) is 12.1. The van der Waals surface area contributed by atoms with E-state index < -0.39 is 5.92 Å². The summed E-state index contributed by atoms with van der Waals surface area (Å²) >= 11 is 0. The molecular formula is C18H16N4O3. The fourth-order valence-electron chi connectivity index (χ4n) is 2.83. The average molecular weight is 336 g/mol. The zero-order valence-corrected chi connectivity index (χ0v) is 13.8. The van der Waals surface area contributed by atoms with Crippen molar-refractivity contribution in [3.05, 3.63) is 46.5 Å². The number of rotatable bonds is 4. The fourth-order valence-corrected chi connectivity index (χ4v) is 2.83. The number of H-pyrrole nitrogens is 1. The third-order valence-electron chi connectivity index (χ3n) is 3.96. The maximum Gasteiger partial charge on any atom is 0.244 e. The highest BCUT2D eigenvalue weighted by molar-refractivity contribution is 5.57. The lowest BCUT2D eigenvalue weighted by atomic mass is 9.84. The summed E-state index contributed by atoms with van der Waals surface area (Å²) in [5.74, 6) is 3.44. The molecule has 1 aliphatic heterocycles. The van der Waals surface area contributed by atoms with Gasteiger partial charge in [-0.2, -0.15) is 5.26 Å². The normalized spacial score (nSPS) is 15.6. The maximum atomic E-state index is 9.57. The molecule has 0 saturated carbocycles. The molecule has 2 aromatic rings. The van der Waals surface area contributed by atoms with Crippen molar-refractivity contribution in [2.75, 3.05) is 13.7 Å². The van der Waals surface area contributed by atoms with Crippen molar-refractivity contribution in [3.63, 3.8) is 0 Å². The predicted molar refractivity (Wildman–Crippen MR) is 89.9 cm³/mol. The summed E-state index contributed by atoms with van der Waals surface area (Å²) in [5, 5.41) is 16.5. The molecule has 0 aliphatic carbocycles. The molecule has 7 heteroatoms. The number of hydrogen-bond donors (Lipinski definition) is 2. The molecule has 0 spiro atoms. The summed E-state index contributed by atoms with van der Waals surface area (Å²) in [6, 6.07) is 7.52. The molecule has 126 valence electrons. The van der Waals surface area contributed by atoms with Crippen molar-refractivity contribution in [2.45, 2.75) is 12.8 Å². The summed E-state index contributed by atoms with van der Waals surface area (Å²) in [6.45, 7) is 1.99. The lowest BCUT2D eigenvalue weighted by Gasteiger charge is -2.24. The lowest BCUT2D eigenvalue weighted by molar-refractivity contribution is 0.330. The van der Waals surface area contributed by atoms with Gasteiger partial charge in [0.2, 0.25) is 11.8 Å². The van der Waals surface area contributed by atoms with Crippen LogP contribution in [-0.4, -0.2) is 23.9 Å². The number of benzene rings is 1. The van der Waals surface area contributed by atoms with Gasteiger partial charge in [0.25, 0.3) is 0 Å². The number of nitrogens with two attached hydrogens (primary N) is 1. The molecule has 0 bridgehead atoms. The monoisotopic (exact) mass is 336 g/mol. The van der Waals surface area contributed by atoms with Crippen molar-refractivity contribution >= 4 is 0 Å². The molecule has 1 aromatic carbocycles. The van der Waals surface area contributed by atoms with Crippen LogP contribution in [0.25, 0.3) is 0 Å². The third-order valence-corrected chi connectivity index (χ3v) is 3.96. The van der Waals surface area contributed by atoms with E-state index >= 15 is 0 Å². The smallest absolute Gasteiger partial charge is 0.244 e. The Balaban J connectivity index is 2.13. The van der Waals surface area contributed by atoms with Crippen LogP contribution < -0.4 is 19.9 Å². The lowest BCUT2D eigenvalue weighted by Crippen LogP contribution is -2.21. The Bertz CT molecular complexity index is 931. The zero-order chi connectivity index (χ0) is 18.0. The minimum Gasteiger partial charge on any atom is -0.493 e. The molecule has 1 aromatic heterocycles. The highest BCUT2D eigenvalue weighted by Gasteiger charge is 2.34. The largest absolute Gasteiger partial charge is 0.493 e. The Morgan fingerprint density at radius 2 is 2.24 bits per heavy atom. The summed E-state index contributed by atoms with van der Waals surface area (Å²) < 4.78 is 16.3. The van der Waals surface area contributed by atoms with Gasteiger partial charge in [-0.3, -0.25) is 5.10 Å². The zero-order valence-electron chi connectivity index (χ0n) is 13.8. The Kier molecular flexibility index (Phi) is 4.23. The van der Waals surface area contributed by atoms with Gasteiger partial charge in [0.15, 0.2) is 11.5 Å². The topological polar surface area (TPSA) is 106 Å². The number of ether oxygens (including phenoxy) is 3. The first-order valence-electron chi connectivity index (χ1n) is 7.47. The summed E-state index contributed by atoms with van der Waals surface area (Å²) in [7, 11) is 1.54. The summed E-state index contributed by atoms with van der Waals surface area (Å²) in [6.07, 6.45) is 5.23. The van der Waals surface area contributed by atoms with E-state index in [0.717, 1.165) is 16.8 Å². The Hall–Kier alpha value is -3.58. The highest BCUT2D eigenvalue weighted by atomic mass is 16.5. The molecule has 0 unspecified atom stereocenters. The van der Waals surface area contributed by atoms with Crippen molar-refractivity contribution < 1.29 is 14.2 Å². The Morgan fingerprint density at radius 1 is 1.44 bits per heavy atom. The van der Waals surface area contributed by atoms with Gasteiger partial charge in [0.05, 0.1) is 13.0 Å². The minimum atomic E-state index is -0.414. The van der Waals surface area contributed by atoms with Crippen molar-refractivity contribution in [2.24, 2.45) is 5.73 Å². The van der Waals surface area contributed by atoms with Crippen LogP contribution in [0.3, 0.4) is 0 Å². The van der Waals surface area contributed by atoms with Crippen LogP contribution in [0.5, 0.6) is 17.4 Å². The van der Waals surface area contributed by atoms with Crippen molar-refractivity contribution in [1.29, 1.82) is 5.26 Å². The number of aromatic nitrogens is 2. The third kappa shape index (κ3) is 2.73. The number of nitrogens with one attached hydrogen (secondary N) is 1. The number of allylic oxidation sites excluding steroid dienone is 1. The number of aromatic amines is 1. The molecule has 0 amide bonds. The molecule has 7 nitrogen and oxygen atoms in total. The van der Waals surface area contributed by atoms with Crippen LogP contribution in [0.1, 0.15) is 22.7 Å². The number of methoxy groups -OCH3 is 1. The Labute approximate surface area is 145 Å². The van der Waals surface area contributed by atoms with Gasteiger partial charge in [0.1, 0.15) is 18.2 Å². The number of terminal acetylenes is 1. The molecule has 1 aliphatic rings. The fraction of sp³-hybridized carbons (Fsp3) is 0.222. The van der Waals surface area contributed by atoms with Crippen molar-refractivity contribution in [1.82, 2.24) is 10.2 Å². The Morgan fingerprint density at radius 3 is 2.92 bits per heavy atom. The van der Waals surface area contributed by atoms with Gasteiger partial charge in [-0.15, -0.1) is 11.5 Å². The molecule has 2 heterocycles. The number of aryl methyl sites for hydroxylation is 1. The summed E-state index contributed by atoms with van der Waals surface area (Å²) in [5.41, 5.74) is 8.60. The predicted octanol–water partition coefficient (Wildman–Crippen LogP) is 1.96. The molecule has 0 fully saturated rings. The first kappa shape index (κ1) is 16.3. The van der Waals surface area contributed by atoms with Crippen LogP contribution in [0, 0.1) is 30.6 Å². The minimum absolute atomic E-state index is 0.0399. The second kappa shape index (κ2) is 6.50. The molecule has 3 N–H and O–H groups in total. The van der Waals surface area contributed by atoms with Crippen molar-refractivity contribution in [3.8, 4) is 35.8 Å². The molecule has 0 radical (unpaired) electrons. The van der Waals surface area contributed by atoms with Gasteiger partial charge < -0.3 is 19.9 Å². The van der Waals surface area contributed by atoms with Gasteiger partial charge >= 0.3 is 0 Å². The van der Waals surface area contributed by atoms with E-state index in [4.69, 9.17) is 26.4 Å². The molecule has 3 rings (SSSR count). The SMILES string of the molecule is C#CCOc1ccc([C@H]2C(C#N)=C(N)Oc3n[nH]c(C)c32)cc1OC. The van der Waals surface area contributed by atoms with E-state index in [2.05, 4.69) is 22.2 Å². The van der Waals surface area contributed by atoms with E-state index in [1.165, 1.54) is 7.11 Å². The second-order valence-corrected chi connectivity index (χ2v) is 5.40. The molecule has 25 heavy (non-hydrogen) atoms. The molecular weight excluding hydrogens is 320 g/mol. The van der Waals surface area contributed by atoms with Crippen LogP contribution in [0.4, 0.5) is 0 Å². The summed E-state index contributed by atoms with van der Waals surface area (Å²) in [4.78, 5) is 0.